The molecule has 0 aliphatic rings. The fraction of sp³-hybridized carbons (Fsp3) is 0.833. The van der Waals surface area contributed by atoms with Crippen LogP contribution in [0.4, 0.5) is 0 Å². The Balaban J connectivity index is 3.65. The highest BCUT2D eigenvalue weighted by molar-refractivity contribution is 5.87. The van der Waals surface area contributed by atoms with Crippen LogP contribution in [0.3, 0.4) is 0 Å². The zero-order valence-corrected chi connectivity index (χ0v) is 9.64. The first kappa shape index (κ1) is 13.3. The van der Waals surface area contributed by atoms with E-state index in [1.165, 1.54) is 0 Å². The van der Waals surface area contributed by atoms with Gasteiger partial charge in [0.25, 0.3) is 0 Å². The van der Waals surface area contributed by atoms with Crippen LogP contribution in [0.15, 0.2) is 0 Å². The molecule has 0 bridgehead atoms. The average Bonchev–Trinajstić information content (AvgIpc) is 2.16. The summed E-state index contributed by atoms with van der Waals surface area (Å²) in [6.07, 6.45) is 4.86. The monoisotopic (exact) mass is 198 g/mol. The van der Waals surface area contributed by atoms with Gasteiger partial charge in [0, 0.05) is 25.2 Å². The molecule has 2 heteroatoms. The van der Waals surface area contributed by atoms with Crippen molar-refractivity contribution in [1.82, 2.24) is 0 Å². The predicted molar refractivity (Wildman–Crippen MR) is 58.2 cm³/mol. The van der Waals surface area contributed by atoms with Gasteiger partial charge < -0.3 is 0 Å². The van der Waals surface area contributed by atoms with Gasteiger partial charge in [-0.3, -0.25) is 9.59 Å². The molecule has 0 radical (unpaired) electrons. The minimum absolute atomic E-state index is 0.0749. The Labute approximate surface area is 87.1 Å². The van der Waals surface area contributed by atoms with Gasteiger partial charge in [-0.1, -0.05) is 33.6 Å². The molecule has 0 amide bonds. The summed E-state index contributed by atoms with van der Waals surface area (Å²) in [7, 11) is 0. The van der Waals surface area contributed by atoms with Crippen LogP contribution in [0.5, 0.6) is 0 Å². The van der Waals surface area contributed by atoms with Crippen LogP contribution < -0.4 is 0 Å². The number of hydrogen-bond acceptors (Lipinski definition) is 2. The van der Waals surface area contributed by atoms with E-state index in [4.69, 9.17) is 0 Å². The second-order valence-corrected chi connectivity index (χ2v) is 3.92. The number of carbonyl (C=O) groups is 2. The quantitative estimate of drug-likeness (QED) is 0.561. The minimum Gasteiger partial charge on any atom is -0.300 e. The first-order chi connectivity index (χ1) is 6.61. The van der Waals surface area contributed by atoms with E-state index in [0.29, 0.717) is 19.3 Å². The number of rotatable bonds is 8. The lowest BCUT2D eigenvalue weighted by atomic mass is 9.96. The van der Waals surface area contributed by atoms with Crippen molar-refractivity contribution in [2.24, 2.45) is 5.92 Å². The van der Waals surface area contributed by atoms with E-state index in [0.717, 1.165) is 19.3 Å². The van der Waals surface area contributed by atoms with E-state index in [2.05, 4.69) is 6.92 Å². The smallest absolute Gasteiger partial charge is 0.135 e. The Morgan fingerprint density at radius 2 is 1.79 bits per heavy atom. The third-order valence-electron chi connectivity index (χ3n) is 2.49. The SMILES string of the molecule is CCCCCC(=O)CC(C)C(=O)CC. The van der Waals surface area contributed by atoms with Crippen molar-refractivity contribution in [3.8, 4) is 0 Å². The van der Waals surface area contributed by atoms with Crippen molar-refractivity contribution in [3.05, 3.63) is 0 Å². The highest BCUT2D eigenvalue weighted by Crippen LogP contribution is 2.10. The summed E-state index contributed by atoms with van der Waals surface area (Å²) in [6.45, 7) is 5.82. The van der Waals surface area contributed by atoms with Gasteiger partial charge in [-0.2, -0.15) is 0 Å². The van der Waals surface area contributed by atoms with Crippen molar-refractivity contribution >= 4 is 11.6 Å². The largest absolute Gasteiger partial charge is 0.300 e. The second kappa shape index (κ2) is 7.72. The van der Waals surface area contributed by atoms with Gasteiger partial charge >= 0.3 is 0 Å². The molecule has 0 aliphatic heterocycles. The van der Waals surface area contributed by atoms with Crippen molar-refractivity contribution < 1.29 is 9.59 Å². The summed E-state index contributed by atoms with van der Waals surface area (Å²) < 4.78 is 0. The van der Waals surface area contributed by atoms with Crippen LogP contribution >= 0.6 is 0 Å². The maximum atomic E-state index is 11.4. The number of carbonyl (C=O) groups excluding carboxylic acids is 2. The molecule has 0 aromatic rings. The molecule has 82 valence electrons. The molecule has 2 nitrogen and oxygen atoms in total. The van der Waals surface area contributed by atoms with Gasteiger partial charge in [0.05, 0.1) is 0 Å². The summed E-state index contributed by atoms with van der Waals surface area (Å²) >= 11 is 0. The van der Waals surface area contributed by atoms with Crippen LogP contribution in [0.25, 0.3) is 0 Å². The fourth-order valence-corrected chi connectivity index (χ4v) is 1.48. The van der Waals surface area contributed by atoms with Crippen LogP contribution in [-0.2, 0) is 9.59 Å². The summed E-state index contributed by atoms with van der Waals surface area (Å²) in [5.74, 6) is 0.371. The Kier molecular flexibility index (Phi) is 7.35. The normalized spacial score (nSPS) is 12.5. The molecule has 1 unspecified atom stereocenters. The molecular formula is C12H22O2. The highest BCUT2D eigenvalue weighted by atomic mass is 16.1. The van der Waals surface area contributed by atoms with Gasteiger partial charge in [0.1, 0.15) is 11.6 Å². The topological polar surface area (TPSA) is 34.1 Å². The third-order valence-corrected chi connectivity index (χ3v) is 2.49. The van der Waals surface area contributed by atoms with Crippen LogP contribution in [-0.4, -0.2) is 11.6 Å². The molecule has 0 N–H and O–H groups in total. The van der Waals surface area contributed by atoms with Crippen LogP contribution in [0.2, 0.25) is 0 Å². The van der Waals surface area contributed by atoms with Gasteiger partial charge in [-0.15, -0.1) is 0 Å². The molecule has 0 spiro atoms. The van der Waals surface area contributed by atoms with E-state index >= 15 is 0 Å². The standard InChI is InChI=1S/C12H22O2/c1-4-6-7-8-11(13)9-10(3)12(14)5-2/h10H,4-9H2,1-3H3. The summed E-state index contributed by atoms with van der Waals surface area (Å²) in [6, 6.07) is 0. The van der Waals surface area contributed by atoms with Crippen LogP contribution in [0.1, 0.15) is 59.3 Å². The first-order valence-corrected chi connectivity index (χ1v) is 5.66. The van der Waals surface area contributed by atoms with Crippen LogP contribution in [0, 0.1) is 5.92 Å². The predicted octanol–water partition coefficient (Wildman–Crippen LogP) is 3.14. The number of Topliss-reactive ketones (excluding diaryl/α,β-unsaturated/α-hetero) is 2. The highest BCUT2D eigenvalue weighted by Gasteiger charge is 2.14. The van der Waals surface area contributed by atoms with E-state index in [9.17, 15) is 9.59 Å². The third kappa shape index (κ3) is 5.90. The maximum Gasteiger partial charge on any atom is 0.135 e. The molecule has 0 saturated heterocycles. The Hall–Kier alpha value is -0.660. The molecule has 0 aliphatic carbocycles. The van der Waals surface area contributed by atoms with E-state index in [-0.39, 0.29) is 17.5 Å². The lowest BCUT2D eigenvalue weighted by Crippen LogP contribution is -2.14. The van der Waals surface area contributed by atoms with Gasteiger partial charge in [0.15, 0.2) is 0 Å². The van der Waals surface area contributed by atoms with Gasteiger partial charge in [0.2, 0.25) is 0 Å². The molecule has 0 saturated carbocycles. The lowest BCUT2D eigenvalue weighted by Gasteiger charge is -2.07. The zero-order chi connectivity index (χ0) is 11.0. The number of ketones is 2. The minimum atomic E-state index is -0.0749. The number of unbranched alkanes of at least 4 members (excludes halogenated alkanes) is 2. The maximum absolute atomic E-state index is 11.4. The second-order valence-electron chi connectivity index (χ2n) is 3.92. The Morgan fingerprint density at radius 1 is 1.14 bits per heavy atom. The van der Waals surface area contributed by atoms with Crippen molar-refractivity contribution in [2.45, 2.75) is 59.3 Å². The molecular weight excluding hydrogens is 176 g/mol. The first-order valence-electron chi connectivity index (χ1n) is 5.66. The van der Waals surface area contributed by atoms with Crippen molar-refractivity contribution in [3.63, 3.8) is 0 Å². The Morgan fingerprint density at radius 3 is 2.29 bits per heavy atom. The molecule has 0 aromatic heterocycles. The van der Waals surface area contributed by atoms with Crippen molar-refractivity contribution in [1.29, 1.82) is 0 Å². The van der Waals surface area contributed by atoms with Crippen molar-refractivity contribution in [2.75, 3.05) is 0 Å². The van der Waals surface area contributed by atoms with Gasteiger partial charge in [-0.25, -0.2) is 0 Å². The van der Waals surface area contributed by atoms with E-state index in [1.54, 1.807) is 0 Å². The Bertz CT molecular complexity index is 185. The average molecular weight is 198 g/mol. The van der Waals surface area contributed by atoms with Gasteiger partial charge in [-0.05, 0) is 6.42 Å². The summed E-state index contributed by atoms with van der Waals surface area (Å²) in [4.78, 5) is 22.6. The fourth-order valence-electron chi connectivity index (χ4n) is 1.48. The molecule has 0 rings (SSSR count). The number of hydrogen-bond donors (Lipinski definition) is 0. The summed E-state index contributed by atoms with van der Waals surface area (Å²) in [5, 5.41) is 0. The zero-order valence-electron chi connectivity index (χ0n) is 9.64. The lowest BCUT2D eigenvalue weighted by molar-refractivity contribution is -0.127. The van der Waals surface area contributed by atoms with E-state index < -0.39 is 0 Å². The summed E-state index contributed by atoms with van der Waals surface area (Å²) in [5.41, 5.74) is 0. The molecule has 14 heavy (non-hydrogen) atoms. The van der Waals surface area contributed by atoms with E-state index in [1.807, 2.05) is 13.8 Å². The molecule has 0 fully saturated rings. The molecule has 0 heterocycles. The molecule has 0 aromatic carbocycles. The molecule has 1 atom stereocenters.